The van der Waals surface area contributed by atoms with Crippen molar-refractivity contribution in [2.45, 2.75) is 0 Å². The van der Waals surface area contributed by atoms with Crippen molar-refractivity contribution >= 4 is 45.1 Å². The number of nitrogens with one attached hydrogen (secondary N) is 1. The first-order chi connectivity index (χ1) is 18.4. The van der Waals surface area contributed by atoms with Gasteiger partial charge in [0.1, 0.15) is 23.7 Å². The molecular formula is C30H25ClN2O5. The Kier molecular flexibility index (Phi) is 7.31. The summed E-state index contributed by atoms with van der Waals surface area (Å²) >= 11 is 6.26. The van der Waals surface area contributed by atoms with Gasteiger partial charge >= 0.3 is 0 Å². The van der Waals surface area contributed by atoms with E-state index >= 15 is 0 Å². The fourth-order valence-corrected chi connectivity index (χ4v) is 4.15. The number of halogens is 1. The lowest BCUT2D eigenvalue weighted by molar-refractivity contribution is 0.102. The Bertz CT molecular complexity index is 1680. The highest BCUT2D eigenvalue weighted by Crippen LogP contribution is 2.33. The number of carbonyl (C=O) groups is 1. The lowest BCUT2D eigenvalue weighted by atomic mass is 10.1. The van der Waals surface area contributed by atoms with Crippen LogP contribution in [0.3, 0.4) is 0 Å². The van der Waals surface area contributed by atoms with Gasteiger partial charge < -0.3 is 24.1 Å². The summed E-state index contributed by atoms with van der Waals surface area (Å²) in [5.74, 6) is 1.06. The van der Waals surface area contributed by atoms with E-state index in [2.05, 4.69) is 5.32 Å². The van der Waals surface area contributed by atoms with Crippen LogP contribution in [-0.4, -0.2) is 38.1 Å². The van der Waals surface area contributed by atoms with Crippen LogP contribution >= 0.6 is 11.6 Å². The smallest absolute Gasteiger partial charge is 0.255 e. The lowest BCUT2D eigenvalue weighted by Crippen LogP contribution is -2.19. The molecular weight excluding hydrogens is 504 g/mol. The van der Waals surface area contributed by atoms with E-state index < -0.39 is 0 Å². The molecule has 1 heterocycles. The Morgan fingerprint density at radius 3 is 2.50 bits per heavy atom. The number of amides is 1. The number of anilines is 1. The first kappa shape index (κ1) is 25.3. The standard InChI is InChI=1S/C30H25ClN2O5/c1-33(2)13-14-36-27-17-20(31)16-25-28(34)24-12-11-23(18-26(24)38-29(25)27)37-22-10-6-7-19(15-22)30(35)32-21-8-4-3-5-9-21/h3-12,15-18H,13-14H2,1-2H3,(H,32,35). The number of hydrogen-bond donors (Lipinski definition) is 1. The second kappa shape index (κ2) is 11.0. The lowest BCUT2D eigenvalue weighted by Gasteiger charge is -2.13. The average molecular weight is 529 g/mol. The highest BCUT2D eigenvalue weighted by Gasteiger charge is 2.15. The fraction of sp³-hybridized carbons (Fsp3) is 0.133. The maximum Gasteiger partial charge on any atom is 0.255 e. The molecule has 0 unspecified atom stereocenters. The van der Waals surface area contributed by atoms with E-state index in [4.69, 9.17) is 25.5 Å². The molecule has 1 N–H and O–H groups in total. The first-order valence-electron chi connectivity index (χ1n) is 12.0. The second-order valence-electron chi connectivity index (χ2n) is 8.97. The van der Waals surface area contributed by atoms with Gasteiger partial charge in [-0.15, -0.1) is 0 Å². The van der Waals surface area contributed by atoms with Gasteiger partial charge in [-0.2, -0.15) is 0 Å². The van der Waals surface area contributed by atoms with Crippen molar-refractivity contribution in [2.75, 3.05) is 32.6 Å². The molecule has 0 aliphatic carbocycles. The monoisotopic (exact) mass is 528 g/mol. The first-order valence-corrected chi connectivity index (χ1v) is 12.4. The number of carbonyl (C=O) groups excluding carboxylic acids is 1. The van der Waals surface area contributed by atoms with E-state index in [1.165, 1.54) is 0 Å². The van der Waals surface area contributed by atoms with Gasteiger partial charge in [-0.25, -0.2) is 0 Å². The highest BCUT2D eigenvalue weighted by atomic mass is 35.5. The zero-order chi connectivity index (χ0) is 26.6. The summed E-state index contributed by atoms with van der Waals surface area (Å²) in [6.07, 6.45) is 0. The third kappa shape index (κ3) is 5.64. The number of rotatable bonds is 8. The van der Waals surface area contributed by atoms with Gasteiger partial charge in [-0.3, -0.25) is 9.59 Å². The Balaban J connectivity index is 1.44. The molecule has 0 saturated heterocycles. The van der Waals surface area contributed by atoms with Crippen LogP contribution in [0, 0.1) is 0 Å². The zero-order valence-corrected chi connectivity index (χ0v) is 21.6. The Morgan fingerprint density at radius 1 is 0.921 bits per heavy atom. The van der Waals surface area contributed by atoms with Crippen molar-refractivity contribution in [3.05, 3.63) is 106 Å². The summed E-state index contributed by atoms with van der Waals surface area (Å²) in [5.41, 5.74) is 1.60. The van der Waals surface area contributed by atoms with Crippen LogP contribution < -0.4 is 20.2 Å². The van der Waals surface area contributed by atoms with Crippen molar-refractivity contribution in [1.82, 2.24) is 4.90 Å². The Hall–Kier alpha value is -4.33. The molecule has 0 aliphatic rings. The summed E-state index contributed by atoms with van der Waals surface area (Å²) in [7, 11) is 3.89. The van der Waals surface area contributed by atoms with Crippen LogP contribution in [0.25, 0.3) is 21.9 Å². The minimum Gasteiger partial charge on any atom is -0.488 e. The number of nitrogens with zero attached hydrogens (tertiary/aromatic N) is 1. The predicted octanol–water partition coefficient (Wildman–Crippen LogP) is 6.58. The average Bonchev–Trinajstić information content (AvgIpc) is 2.90. The second-order valence-corrected chi connectivity index (χ2v) is 9.41. The van der Waals surface area contributed by atoms with Gasteiger partial charge in [0.05, 0.1) is 10.8 Å². The molecule has 5 rings (SSSR count). The van der Waals surface area contributed by atoms with E-state index in [0.29, 0.717) is 68.6 Å². The Labute approximate surface area is 224 Å². The van der Waals surface area contributed by atoms with Crippen LogP contribution in [0.4, 0.5) is 5.69 Å². The number of benzene rings is 4. The minimum atomic E-state index is -0.252. The van der Waals surface area contributed by atoms with Crippen molar-refractivity contribution in [3.8, 4) is 17.2 Å². The van der Waals surface area contributed by atoms with Crippen LogP contribution in [0.15, 0.2) is 94.1 Å². The molecule has 0 fully saturated rings. The summed E-state index contributed by atoms with van der Waals surface area (Å²) < 4.78 is 18.0. The van der Waals surface area contributed by atoms with Crippen LogP contribution in [0.1, 0.15) is 10.4 Å². The normalized spacial score (nSPS) is 11.2. The molecule has 38 heavy (non-hydrogen) atoms. The minimum absolute atomic E-state index is 0.215. The number of likely N-dealkylation sites (N-methyl/N-ethyl adjacent to an activating group) is 1. The maximum atomic E-state index is 13.2. The third-order valence-electron chi connectivity index (χ3n) is 5.83. The largest absolute Gasteiger partial charge is 0.488 e. The summed E-state index contributed by atoms with van der Waals surface area (Å²) in [6, 6.07) is 24.3. The molecule has 0 spiro atoms. The summed E-state index contributed by atoms with van der Waals surface area (Å²) in [6.45, 7) is 1.09. The maximum absolute atomic E-state index is 13.2. The molecule has 1 aromatic heterocycles. The summed E-state index contributed by atoms with van der Waals surface area (Å²) in [4.78, 5) is 27.9. The fourth-order valence-electron chi connectivity index (χ4n) is 3.94. The number of hydrogen-bond acceptors (Lipinski definition) is 6. The van der Waals surface area contributed by atoms with Crippen molar-refractivity contribution in [1.29, 1.82) is 0 Å². The van der Waals surface area contributed by atoms with Crippen LogP contribution in [0.2, 0.25) is 5.02 Å². The van der Waals surface area contributed by atoms with Gasteiger partial charge in [0, 0.05) is 35.0 Å². The molecule has 0 radical (unpaired) electrons. The molecule has 1 amide bonds. The number of ether oxygens (including phenoxy) is 2. The predicted molar refractivity (Wildman–Crippen MR) is 150 cm³/mol. The van der Waals surface area contributed by atoms with Crippen molar-refractivity contribution < 1.29 is 18.7 Å². The van der Waals surface area contributed by atoms with E-state index in [-0.39, 0.29) is 11.3 Å². The topological polar surface area (TPSA) is 81.0 Å². The molecule has 0 atom stereocenters. The van der Waals surface area contributed by atoms with Gasteiger partial charge in [0.25, 0.3) is 5.91 Å². The van der Waals surface area contributed by atoms with Crippen molar-refractivity contribution in [3.63, 3.8) is 0 Å². The van der Waals surface area contributed by atoms with Crippen LogP contribution in [-0.2, 0) is 0 Å². The highest BCUT2D eigenvalue weighted by molar-refractivity contribution is 6.31. The van der Waals surface area contributed by atoms with Crippen LogP contribution in [0.5, 0.6) is 17.2 Å². The Morgan fingerprint density at radius 2 is 1.71 bits per heavy atom. The summed E-state index contributed by atoms with van der Waals surface area (Å²) in [5, 5.41) is 3.98. The molecule has 0 aliphatic heterocycles. The van der Waals surface area contributed by atoms with E-state index in [0.717, 1.165) is 0 Å². The quantitative estimate of drug-likeness (QED) is 0.229. The number of para-hydroxylation sites is 1. The molecule has 4 aromatic carbocycles. The van der Waals surface area contributed by atoms with Gasteiger partial charge in [-0.05, 0) is 62.6 Å². The number of fused-ring (bicyclic) bond motifs is 2. The molecule has 0 bridgehead atoms. The zero-order valence-electron chi connectivity index (χ0n) is 20.9. The molecule has 8 heteroatoms. The molecule has 7 nitrogen and oxygen atoms in total. The van der Waals surface area contributed by atoms with E-state index in [9.17, 15) is 9.59 Å². The van der Waals surface area contributed by atoms with Crippen molar-refractivity contribution in [2.24, 2.45) is 0 Å². The SMILES string of the molecule is CN(C)CCOc1cc(Cl)cc2c(=O)c3ccc(Oc4cccc(C(=O)Nc5ccccc5)c4)cc3oc12. The van der Waals surface area contributed by atoms with E-state index in [1.54, 1.807) is 54.6 Å². The van der Waals surface area contributed by atoms with Gasteiger partial charge in [0.15, 0.2) is 11.3 Å². The molecule has 192 valence electrons. The van der Waals surface area contributed by atoms with Gasteiger partial charge in [-0.1, -0.05) is 35.9 Å². The molecule has 5 aromatic rings. The van der Waals surface area contributed by atoms with Gasteiger partial charge in [0.2, 0.25) is 5.43 Å². The third-order valence-corrected chi connectivity index (χ3v) is 6.05. The van der Waals surface area contributed by atoms with E-state index in [1.807, 2.05) is 49.3 Å². The molecule has 0 saturated carbocycles.